The second-order valence-corrected chi connectivity index (χ2v) is 6.97. The lowest BCUT2D eigenvalue weighted by Crippen LogP contribution is -2.41. The van der Waals surface area contributed by atoms with Crippen LogP contribution in [0.5, 0.6) is 0 Å². The summed E-state index contributed by atoms with van der Waals surface area (Å²) in [5.41, 5.74) is 2.34. The van der Waals surface area contributed by atoms with Gasteiger partial charge in [-0.2, -0.15) is 0 Å². The van der Waals surface area contributed by atoms with Gasteiger partial charge in [0.15, 0.2) is 0 Å². The quantitative estimate of drug-likeness (QED) is 0.868. The Labute approximate surface area is 140 Å². The van der Waals surface area contributed by atoms with Crippen LogP contribution in [-0.4, -0.2) is 50.2 Å². The van der Waals surface area contributed by atoms with Crippen molar-refractivity contribution in [3.63, 3.8) is 0 Å². The van der Waals surface area contributed by atoms with Crippen molar-refractivity contribution in [3.05, 3.63) is 41.3 Å². The van der Waals surface area contributed by atoms with E-state index in [1.54, 1.807) is 11.3 Å². The van der Waals surface area contributed by atoms with Crippen molar-refractivity contribution < 1.29 is 9.53 Å². The zero-order valence-electron chi connectivity index (χ0n) is 13.0. The maximum absolute atomic E-state index is 12.6. The Morgan fingerprint density at radius 2 is 1.78 bits per heavy atom. The number of benzene rings is 1. The lowest BCUT2D eigenvalue weighted by molar-refractivity contribution is 0.0657. The third-order valence-corrected chi connectivity index (χ3v) is 5.63. The highest BCUT2D eigenvalue weighted by molar-refractivity contribution is 7.18. The highest BCUT2D eigenvalue weighted by Crippen LogP contribution is 2.40. The van der Waals surface area contributed by atoms with Crippen LogP contribution in [0.15, 0.2) is 36.4 Å². The lowest BCUT2D eigenvalue weighted by atomic mass is 10.1. The molecule has 4 nitrogen and oxygen atoms in total. The number of hydrogen-bond donors (Lipinski definition) is 0. The predicted molar refractivity (Wildman–Crippen MR) is 93.3 cm³/mol. The summed E-state index contributed by atoms with van der Waals surface area (Å²) < 4.78 is 5.47. The number of carbonyl (C=O) groups is 1. The van der Waals surface area contributed by atoms with Crippen LogP contribution in [0.25, 0.3) is 11.1 Å². The van der Waals surface area contributed by atoms with Gasteiger partial charge in [-0.1, -0.05) is 30.3 Å². The molecule has 0 N–H and O–H groups in total. The summed E-state index contributed by atoms with van der Waals surface area (Å²) in [6, 6.07) is 12.4. The van der Waals surface area contributed by atoms with Gasteiger partial charge in [-0.15, -0.1) is 11.3 Å². The van der Waals surface area contributed by atoms with Gasteiger partial charge in [0.1, 0.15) is 0 Å². The Hall–Kier alpha value is -1.85. The van der Waals surface area contributed by atoms with Gasteiger partial charge in [-0.25, -0.2) is 0 Å². The zero-order valence-corrected chi connectivity index (χ0v) is 13.8. The minimum atomic E-state index is 0.179. The highest BCUT2D eigenvalue weighted by Gasteiger charge is 2.26. The lowest BCUT2D eigenvalue weighted by Gasteiger charge is -2.30. The minimum absolute atomic E-state index is 0.179. The van der Waals surface area contributed by atoms with Crippen LogP contribution >= 0.6 is 11.3 Å². The molecule has 3 heterocycles. The van der Waals surface area contributed by atoms with Crippen LogP contribution in [0.4, 0.5) is 5.00 Å². The van der Waals surface area contributed by atoms with Gasteiger partial charge in [0.25, 0.3) is 5.91 Å². The Balaban J connectivity index is 1.72. The van der Waals surface area contributed by atoms with Gasteiger partial charge in [0.05, 0.1) is 23.1 Å². The largest absolute Gasteiger partial charge is 0.378 e. The second kappa shape index (κ2) is 6.34. The molecule has 1 aromatic carbocycles. The van der Waals surface area contributed by atoms with Crippen molar-refractivity contribution in [1.29, 1.82) is 0 Å². The maximum atomic E-state index is 12.6. The molecule has 2 aliphatic heterocycles. The van der Waals surface area contributed by atoms with E-state index in [2.05, 4.69) is 23.1 Å². The Morgan fingerprint density at radius 1 is 1.04 bits per heavy atom. The van der Waals surface area contributed by atoms with Crippen molar-refractivity contribution in [3.8, 4) is 11.1 Å². The molecule has 0 radical (unpaired) electrons. The van der Waals surface area contributed by atoms with E-state index in [1.165, 1.54) is 16.1 Å². The summed E-state index contributed by atoms with van der Waals surface area (Å²) in [5.74, 6) is 0.179. The third-order valence-electron chi connectivity index (χ3n) is 4.45. The van der Waals surface area contributed by atoms with E-state index >= 15 is 0 Å². The molecule has 0 atom stereocenters. The number of likely N-dealkylation sites (tertiary alicyclic amines) is 1. The second-order valence-electron chi connectivity index (χ2n) is 5.94. The van der Waals surface area contributed by atoms with Crippen LogP contribution in [-0.2, 0) is 4.74 Å². The topological polar surface area (TPSA) is 32.8 Å². The number of thiophene rings is 1. The van der Waals surface area contributed by atoms with Crippen molar-refractivity contribution in [2.45, 2.75) is 6.42 Å². The Kier molecular flexibility index (Phi) is 4.06. The van der Waals surface area contributed by atoms with Crippen LogP contribution in [0.3, 0.4) is 0 Å². The molecule has 5 heteroatoms. The molecule has 120 valence electrons. The molecule has 4 rings (SSSR count). The molecule has 0 spiro atoms. The van der Waals surface area contributed by atoms with Crippen molar-refractivity contribution >= 4 is 22.2 Å². The van der Waals surface area contributed by atoms with Gasteiger partial charge in [0, 0.05) is 31.7 Å². The minimum Gasteiger partial charge on any atom is -0.378 e. The zero-order chi connectivity index (χ0) is 15.6. The molecular weight excluding hydrogens is 308 g/mol. The number of carbonyl (C=O) groups excluding carboxylic acids is 1. The molecule has 1 aromatic heterocycles. The normalized spacial score (nSPS) is 17.9. The molecule has 0 saturated carbocycles. The molecule has 0 aliphatic carbocycles. The Morgan fingerprint density at radius 3 is 2.43 bits per heavy atom. The SMILES string of the molecule is O=C(c1cc(-c2ccccc2)c(N2CCOCC2)s1)N1CCC1. The summed E-state index contributed by atoms with van der Waals surface area (Å²) >= 11 is 1.63. The van der Waals surface area contributed by atoms with Gasteiger partial charge in [0.2, 0.25) is 0 Å². The standard InChI is InChI=1S/C18H20N2O2S/c21-17(19-7-4-8-19)16-13-15(14-5-2-1-3-6-14)18(23-16)20-9-11-22-12-10-20/h1-3,5-6,13H,4,7-12H2. The number of anilines is 1. The summed E-state index contributed by atoms with van der Waals surface area (Å²) in [6.45, 7) is 5.06. The average molecular weight is 328 g/mol. The molecule has 2 saturated heterocycles. The first-order valence-electron chi connectivity index (χ1n) is 8.14. The third kappa shape index (κ3) is 2.86. The summed E-state index contributed by atoms with van der Waals surface area (Å²) in [7, 11) is 0. The maximum Gasteiger partial charge on any atom is 0.264 e. The number of morpholine rings is 1. The van der Waals surface area contributed by atoms with E-state index in [1.807, 2.05) is 23.1 Å². The molecule has 2 fully saturated rings. The fourth-order valence-electron chi connectivity index (χ4n) is 2.99. The number of nitrogens with zero attached hydrogens (tertiary/aromatic N) is 2. The first kappa shape index (κ1) is 14.7. The number of amides is 1. The molecule has 23 heavy (non-hydrogen) atoms. The van der Waals surface area contributed by atoms with Crippen LogP contribution in [0.2, 0.25) is 0 Å². The van der Waals surface area contributed by atoms with Gasteiger partial charge >= 0.3 is 0 Å². The van der Waals surface area contributed by atoms with E-state index in [9.17, 15) is 4.79 Å². The van der Waals surface area contributed by atoms with Gasteiger partial charge in [-0.05, 0) is 18.1 Å². The first-order chi connectivity index (χ1) is 11.3. The van der Waals surface area contributed by atoms with Gasteiger partial charge < -0.3 is 14.5 Å². The molecule has 0 bridgehead atoms. The first-order valence-corrected chi connectivity index (χ1v) is 8.96. The van der Waals surface area contributed by atoms with E-state index in [0.717, 1.165) is 50.7 Å². The number of rotatable bonds is 3. The smallest absolute Gasteiger partial charge is 0.264 e. The number of hydrogen-bond acceptors (Lipinski definition) is 4. The summed E-state index contributed by atoms with van der Waals surface area (Å²) in [4.78, 5) is 17.7. The van der Waals surface area contributed by atoms with E-state index in [0.29, 0.717) is 0 Å². The Bertz CT molecular complexity index is 688. The molecule has 2 aromatic rings. The van der Waals surface area contributed by atoms with Crippen LogP contribution < -0.4 is 4.90 Å². The molecular formula is C18H20N2O2S. The van der Waals surface area contributed by atoms with Crippen molar-refractivity contribution in [2.24, 2.45) is 0 Å². The molecule has 1 amide bonds. The van der Waals surface area contributed by atoms with E-state index in [4.69, 9.17) is 4.74 Å². The number of ether oxygens (including phenoxy) is 1. The molecule has 0 unspecified atom stereocenters. The monoisotopic (exact) mass is 328 g/mol. The van der Waals surface area contributed by atoms with Crippen molar-refractivity contribution in [2.75, 3.05) is 44.3 Å². The predicted octanol–water partition coefficient (Wildman–Crippen LogP) is 3.10. The van der Waals surface area contributed by atoms with Crippen LogP contribution in [0.1, 0.15) is 16.1 Å². The van der Waals surface area contributed by atoms with Crippen LogP contribution in [0, 0.1) is 0 Å². The van der Waals surface area contributed by atoms with Gasteiger partial charge in [-0.3, -0.25) is 4.79 Å². The van der Waals surface area contributed by atoms with E-state index in [-0.39, 0.29) is 5.91 Å². The summed E-state index contributed by atoms with van der Waals surface area (Å²) in [6.07, 6.45) is 1.12. The highest BCUT2D eigenvalue weighted by atomic mass is 32.1. The molecule has 2 aliphatic rings. The average Bonchev–Trinajstić information content (AvgIpc) is 3.00. The van der Waals surface area contributed by atoms with Crippen molar-refractivity contribution in [1.82, 2.24) is 4.90 Å². The van der Waals surface area contributed by atoms with E-state index < -0.39 is 0 Å². The fraction of sp³-hybridized carbons (Fsp3) is 0.389. The fourth-order valence-corrected chi connectivity index (χ4v) is 4.19. The summed E-state index contributed by atoms with van der Waals surface area (Å²) in [5, 5.41) is 1.20.